The van der Waals surface area contributed by atoms with E-state index in [1.165, 1.54) is 40.0 Å². The molecular weight excluding hydrogens is 745 g/mol. The van der Waals surface area contributed by atoms with Gasteiger partial charge in [0.1, 0.15) is 6.10 Å². The van der Waals surface area contributed by atoms with Gasteiger partial charge in [-0.2, -0.15) is 0 Å². The van der Waals surface area contributed by atoms with Crippen molar-refractivity contribution in [2.75, 3.05) is 0 Å². The van der Waals surface area contributed by atoms with E-state index in [0.717, 1.165) is 12.8 Å². The molecule has 1 heterocycles. The van der Waals surface area contributed by atoms with Gasteiger partial charge in [-0.1, -0.05) is 225 Å². The maximum absolute atomic E-state index is 13.1. The van der Waals surface area contributed by atoms with Gasteiger partial charge in [0.25, 0.3) is 16.6 Å². The fourth-order valence-electron chi connectivity index (χ4n) is 8.39. The molecule has 0 unspecified atom stereocenters. The van der Waals surface area contributed by atoms with Gasteiger partial charge in [0.2, 0.25) is 0 Å². The maximum atomic E-state index is 13.1. The van der Waals surface area contributed by atoms with E-state index < -0.39 is 16.6 Å². The standard InChI is InChI=1S/C52H66O4Si2/c1-8-9-10-11-12-19-30-43(55-57(51(2,3)4,46-33-22-15-23-34-46)47-35-24-16-25-36-47)31-20-13-14-21-32-44-41-45(42-50(53)54-44)56-58(52(5,6)7,48-37-26-17-27-38-48)49-39-28-18-29-40-49/h12-29,31-40,43-45H,8-11,30,41-42H2,1-7H3/b14-13+,19-12-,31-20+,32-21-/t43-,44-,45-/m1/s1. The van der Waals surface area contributed by atoms with Gasteiger partial charge in [0, 0.05) is 6.42 Å². The van der Waals surface area contributed by atoms with Crippen LogP contribution in [-0.2, 0) is 18.4 Å². The van der Waals surface area contributed by atoms with E-state index in [1.54, 1.807) is 0 Å². The Morgan fingerprint density at radius 1 is 0.655 bits per heavy atom. The molecule has 4 nitrogen and oxygen atoms in total. The minimum absolute atomic E-state index is 0.124. The lowest BCUT2D eigenvalue weighted by atomic mass is 10.1. The van der Waals surface area contributed by atoms with Crippen molar-refractivity contribution < 1.29 is 18.4 Å². The van der Waals surface area contributed by atoms with E-state index in [4.69, 9.17) is 13.6 Å². The normalized spacial score (nSPS) is 17.7. The Morgan fingerprint density at radius 3 is 1.62 bits per heavy atom. The molecule has 0 radical (unpaired) electrons. The summed E-state index contributed by atoms with van der Waals surface area (Å²) >= 11 is 0. The van der Waals surface area contributed by atoms with Gasteiger partial charge in [0.15, 0.2) is 0 Å². The van der Waals surface area contributed by atoms with Crippen molar-refractivity contribution in [3.05, 3.63) is 170 Å². The van der Waals surface area contributed by atoms with E-state index in [2.05, 4.69) is 182 Å². The van der Waals surface area contributed by atoms with Crippen LogP contribution in [0.3, 0.4) is 0 Å². The number of ether oxygens (including phenoxy) is 1. The molecule has 58 heavy (non-hydrogen) atoms. The lowest BCUT2D eigenvalue weighted by Gasteiger charge is -2.46. The molecule has 3 atom stereocenters. The molecule has 0 aliphatic carbocycles. The van der Waals surface area contributed by atoms with Crippen LogP contribution in [0.1, 0.15) is 93.4 Å². The molecule has 306 valence electrons. The topological polar surface area (TPSA) is 44.8 Å². The first kappa shape index (κ1) is 44.8. The van der Waals surface area contributed by atoms with Crippen molar-refractivity contribution in [1.82, 2.24) is 0 Å². The first-order chi connectivity index (χ1) is 27.9. The fraction of sp³-hybridized carbons (Fsp3) is 0.365. The quantitative estimate of drug-likeness (QED) is 0.0330. The number of rotatable bonds is 18. The van der Waals surface area contributed by atoms with Crippen LogP contribution in [0.5, 0.6) is 0 Å². The van der Waals surface area contributed by atoms with Crippen LogP contribution >= 0.6 is 0 Å². The highest BCUT2D eigenvalue weighted by molar-refractivity contribution is 7.00. The zero-order valence-electron chi connectivity index (χ0n) is 36.0. The van der Waals surface area contributed by atoms with Crippen LogP contribution in [0.15, 0.2) is 170 Å². The summed E-state index contributed by atoms with van der Waals surface area (Å²) in [6, 6.07) is 42.9. The second-order valence-corrected chi connectivity index (χ2v) is 26.1. The third-order valence-corrected chi connectivity index (χ3v) is 21.3. The number of hydrogen-bond acceptors (Lipinski definition) is 4. The summed E-state index contributed by atoms with van der Waals surface area (Å²) in [5.74, 6) is -0.223. The van der Waals surface area contributed by atoms with Gasteiger partial charge >= 0.3 is 5.97 Å². The summed E-state index contributed by atoms with van der Waals surface area (Å²) < 4.78 is 20.7. The van der Waals surface area contributed by atoms with E-state index in [9.17, 15) is 4.79 Å². The second kappa shape index (κ2) is 21.1. The average Bonchev–Trinajstić information content (AvgIpc) is 3.21. The largest absolute Gasteiger partial charge is 0.458 e. The van der Waals surface area contributed by atoms with Gasteiger partial charge in [-0.05, 0) is 56.2 Å². The molecule has 1 fully saturated rings. The summed E-state index contributed by atoms with van der Waals surface area (Å²) in [7, 11) is -5.57. The molecule has 5 rings (SSSR count). The van der Waals surface area contributed by atoms with Crippen molar-refractivity contribution in [2.24, 2.45) is 0 Å². The highest BCUT2D eigenvalue weighted by Crippen LogP contribution is 2.40. The number of allylic oxidation sites excluding steroid dienone is 5. The third kappa shape index (κ3) is 11.2. The Hall–Kier alpha value is -4.34. The SMILES string of the molecule is CCCCC/C=C\C[C@H](/C=C/C=C/C=C\[C@@H]1C[C@@H](O[Si](c2ccccc2)(c2ccccc2)C(C)(C)C)CC(=O)O1)O[Si](c1ccccc1)(c1ccccc1)C(C)(C)C. The fourth-order valence-corrected chi connectivity index (χ4v) is 17.7. The van der Waals surface area contributed by atoms with Gasteiger partial charge in [0.05, 0.1) is 18.6 Å². The highest BCUT2D eigenvalue weighted by Gasteiger charge is 2.53. The summed E-state index contributed by atoms with van der Waals surface area (Å²) in [5.41, 5.74) is 0. The average molecular weight is 811 g/mol. The minimum Gasteiger partial charge on any atom is -0.458 e. The molecule has 1 saturated heterocycles. The lowest BCUT2D eigenvalue weighted by molar-refractivity contribution is -0.155. The summed E-state index contributed by atoms with van der Waals surface area (Å²) in [6.07, 6.45) is 22.6. The van der Waals surface area contributed by atoms with Crippen LogP contribution in [0.4, 0.5) is 0 Å². The lowest BCUT2D eigenvalue weighted by Crippen LogP contribution is -2.68. The molecule has 1 aliphatic heterocycles. The number of esters is 1. The number of cyclic esters (lactones) is 1. The zero-order chi connectivity index (χ0) is 41.5. The number of benzene rings is 4. The second-order valence-electron chi connectivity index (χ2n) is 17.5. The maximum Gasteiger partial charge on any atom is 0.308 e. The Labute approximate surface area is 352 Å². The first-order valence-corrected chi connectivity index (χ1v) is 25.2. The van der Waals surface area contributed by atoms with E-state index in [-0.39, 0.29) is 40.8 Å². The molecule has 0 aromatic heterocycles. The van der Waals surface area contributed by atoms with E-state index in [0.29, 0.717) is 6.42 Å². The number of carbonyl (C=O) groups excluding carboxylic acids is 1. The number of hydrogen-bond donors (Lipinski definition) is 0. The third-order valence-electron chi connectivity index (χ3n) is 11.2. The van der Waals surface area contributed by atoms with Crippen LogP contribution in [-0.4, -0.2) is 40.9 Å². The van der Waals surface area contributed by atoms with Gasteiger partial charge in [-0.25, -0.2) is 0 Å². The van der Waals surface area contributed by atoms with Crippen molar-refractivity contribution in [3.63, 3.8) is 0 Å². The highest BCUT2D eigenvalue weighted by atomic mass is 28.4. The minimum atomic E-state index is -2.82. The van der Waals surface area contributed by atoms with Crippen molar-refractivity contribution >= 4 is 43.4 Å². The Balaban J connectivity index is 1.36. The summed E-state index contributed by atoms with van der Waals surface area (Å²) in [5, 5.41) is 4.66. The van der Waals surface area contributed by atoms with Crippen molar-refractivity contribution in [3.8, 4) is 0 Å². The molecule has 6 heteroatoms. The molecule has 0 amide bonds. The van der Waals surface area contributed by atoms with E-state index in [1.807, 2.05) is 36.4 Å². The Morgan fingerprint density at radius 2 is 1.14 bits per heavy atom. The molecular formula is C52H66O4Si2. The van der Waals surface area contributed by atoms with Crippen molar-refractivity contribution in [1.29, 1.82) is 0 Å². The van der Waals surface area contributed by atoms with Crippen LogP contribution in [0.2, 0.25) is 10.1 Å². The van der Waals surface area contributed by atoms with Crippen LogP contribution < -0.4 is 20.7 Å². The Kier molecular flexibility index (Phi) is 16.3. The molecule has 4 aromatic carbocycles. The van der Waals surface area contributed by atoms with Gasteiger partial charge < -0.3 is 13.6 Å². The smallest absolute Gasteiger partial charge is 0.308 e. The van der Waals surface area contributed by atoms with Gasteiger partial charge in [-0.15, -0.1) is 0 Å². The molecule has 0 saturated carbocycles. The van der Waals surface area contributed by atoms with E-state index >= 15 is 0 Å². The molecule has 4 aromatic rings. The van der Waals surface area contributed by atoms with Crippen LogP contribution in [0.25, 0.3) is 0 Å². The van der Waals surface area contributed by atoms with Gasteiger partial charge in [-0.3, -0.25) is 4.79 Å². The monoisotopic (exact) mass is 810 g/mol. The summed E-state index contributed by atoms with van der Waals surface area (Å²) in [6.45, 7) is 16.0. The molecule has 0 N–H and O–H groups in total. The molecule has 0 bridgehead atoms. The molecule has 0 spiro atoms. The molecule has 1 aliphatic rings. The van der Waals surface area contributed by atoms with Crippen LogP contribution in [0, 0.1) is 0 Å². The predicted octanol–water partition coefficient (Wildman–Crippen LogP) is 10.8. The van der Waals surface area contributed by atoms with Crippen molar-refractivity contribution in [2.45, 2.75) is 122 Å². The zero-order valence-corrected chi connectivity index (χ0v) is 38.0. The predicted molar refractivity (Wildman–Crippen MR) is 249 cm³/mol. The summed E-state index contributed by atoms with van der Waals surface area (Å²) in [4.78, 5) is 13.1. The number of carbonyl (C=O) groups is 1. The first-order valence-electron chi connectivity index (χ1n) is 21.3. The number of unbranched alkanes of at least 4 members (excludes halogenated alkanes) is 3. The Bertz CT molecular complexity index is 1860.